The van der Waals surface area contributed by atoms with Crippen LogP contribution in [0, 0.1) is 0 Å². The predicted octanol–water partition coefficient (Wildman–Crippen LogP) is 0.826. The molecule has 2 heterocycles. The fourth-order valence-electron chi connectivity index (χ4n) is 3.68. The lowest BCUT2D eigenvalue weighted by molar-refractivity contribution is 0.0177. The van der Waals surface area contributed by atoms with Gasteiger partial charge in [0.15, 0.2) is 0 Å². The largest absolute Gasteiger partial charge is 0.329 e. The zero-order valence-corrected chi connectivity index (χ0v) is 13.1. The summed E-state index contributed by atoms with van der Waals surface area (Å²) in [6, 6.07) is 0.677. The molecule has 0 aliphatic carbocycles. The van der Waals surface area contributed by atoms with Crippen molar-refractivity contribution < 1.29 is 0 Å². The molecule has 2 fully saturated rings. The standard InChI is InChI=1S/C15H32N4/c1-14(2)18-9-11-19(12-10-18)15(13-16)5-4-7-17(3)8-6-15/h14H,4-13,16H2,1-3H3. The summed E-state index contributed by atoms with van der Waals surface area (Å²) in [6.07, 6.45) is 3.80. The molecule has 2 N–H and O–H groups in total. The number of likely N-dealkylation sites (tertiary alicyclic amines) is 1. The second-order valence-electron chi connectivity index (χ2n) is 6.70. The zero-order chi connectivity index (χ0) is 13.9. The van der Waals surface area contributed by atoms with Crippen LogP contribution >= 0.6 is 0 Å². The van der Waals surface area contributed by atoms with Crippen LogP contribution in [0.1, 0.15) is 33.1 Å². The van der Waals surface area contributed by atoms with Crippen LogP contribution in [0.5, 0.6) is 0 Å². The molecule has 1 unspecified atom stereocenters. The van der Waals surface area contributed by atoms with Crippen molar-refractivity contribution in [2.45, 2.75) is 44.7 Å². The lowest BCUT2D eigenvalue weighted by Crippen LogP contribution is -2.61. The van der Waals surface area contributed by atoms with E-state index in [1.54, 1.807) is 0 Å². The highest BCUT2D eigenvalue weighted by Crippen LogP contribution is 2.29. The Bertz CT molecular complexity index is 273. The van der Waals surface area contributed by atoms with Gasteiger partial charge < -0.3 is 10.6 Å². The lowest BCUT2D eigenvalue weighted by Gasteiger charge is -2.48. The van der Waals surface area contributed by atoms with Crippen LogP contribution in [0.4, 0.5) is 0 Å². The Hall–Kier alpha value is -0.160. The van der Waals surface area contributed by atoms with Gasteiger partial charge in [-0.3, -0.25) is 9.80 Å². The highest BCUT2D eigenvalue weighted by molar-refractivity contribution is 4.96. The summed E-state index contributed by atoms with van der Waals surface area (Å²) in [4.78, 5) is 7.75. The quantitative estimate of drug-likeness (QED) is 0.822. The number of nitrogens with zero attached hydrogens (tertiary/aromatic N) is 3. The predicted molar refractivity (Wildman–Crippen MR) is 81.4 cm³/mol. The molecule has 0 aromatic heterocycles. The van der Waals surface area contributed by atoms with Crippen LogP contribution in [-0.2, 0) is 0 Å². The molecule has 2 saturated heterocycles. The van der Waals surface area contributed by atoms with E-state index in [1.807, 2.05) is 0 Å². The van der Waals surface area contributed by atoms with Crippen molar-refractivity contribution in [3.05, 3.63) is 0 Å². The third-order valence-electron chi connectivity index (χ3n) is 5.24. The van der Waals surface area contributed by atoms with Gasteiger partial charge in [-0.15, -0.1) is 0 Å². The summed E-state index contributed by atoms with van der Waals surface area (Å²) in [5, 5.41) is 0. The number of hydrogen-bond acceptors (Lipinski definition) is 4. The molecule has 0 saturated carbocycles. The Balaban J connectivity index is 1.98. The Labute approximate surface area is 118 Å². The highest BCUT2D eigenvalue weighted by atomic mass is 15.3. The number of piperazine rings is 1. The Morgan fingerprint density at radius 3 is 2.26 bits per heavy atom. The minimum Gasteiger partial charge on any atom is -0.329 e. The molecule has 112 valence electrons. The minimum absolute atomic E-state index is 0.272. The van der Waals surface area contributed by atoms with E-state index in [9.17, 15) is 0 Å². The van der Waals surface area contributed by atoms with E-state index >= 15 is 0 Å². The van der Waals surface area contributed by atoms with E-state index in [-0.39, 0.29) is 5.54 Å². The van der Waals surface area contributed by atoms with Crippen LogP contribution in [0.2, 0.25) is 0 Å². The van der Waals surface area contributed by atoms with Gasteiger partial charge in [0.1, 0.15) is 0 Å². The number of hydrogen-bond donors (Lipinski definition) is 1. The summed E-state index contributed by atoms with van der Waals surface area (Å²) in [6.45, 7) is 12.6. The molecule has 2 aliphatic rings. The fourth-order valence-corrected chi connectivity index (χ4v) is 3.68. The first kappa shape index (κ1) is 15.2. The smallest absolute Gasteiger partial charge is 0.0345 e. The van der Waals surface area contributed by atoms with Gasteiger partial charge in [0.2, 0.25) is 0 Å². The summed E-state index contributed by atoms with van der Waals surface area (Å²) in [5.74, 6) is 0. The molecule has 2 aliphatic heterocycles. The maximum absolute atomic E-state index is 6.20. The van der Waals surface area contributed by atoms with Gasteiger partial charge in [0, 0.05) is 44.3 Å². The van der Waals surface area contributed by atoms with Crippen molar-refractivity contribution >= 4 is 0 Å². The molecule has 0 bridgehead atoms. The lowest BCUT2D eigenvalue weighted by atomic mass is 9.87. The third kappa shape index (κ3) is 3.48. The fraction of sp³-hybridized carbons (Fsp3) is 1.00. The SMILES string of the molecule is CC(C)N1CCN(C2(CN)CCCN(C)CC2)CC1. The third-order valence-corrected chi connectivity index (χ3v) is 5.24. The molecule has 2 rings (SSSR count). The van der Waals surface area contributed by atoms with Crippen molar-refractivity contribution in [3.63, 3.8) is 0 Å². The van der Waals surface area contributed by atoms with E-state index in [0.29, 0.717) is 6.04 Å². The second-order valence-corrected chi connectivity index (χ2v) is 6.70. The average Bonchev–Trinajstić information content (AvgIpc) is 2.61. The van der Waals surface area contributed by atoms with E-state index in [2.05, 4.69) is 35.6 Å². The summed E-state index contributed by atoms with van der Waals surface area (Å²) < 4.78 is 0. The van der Waals surface area contributed by atoms with Crippen LogP contribution in [0.3, 0.4) is 0 Å². The molecule has 0 amide bonds. The average molecular weight is 268 g/mol. The van der Waals surface area contributed by atoms with Crippen molar-refractivity contribution in [2.24, 2.45) is 5.73 Å². The maximum atomic E-state index is 6.20. The van der Waals surface area contributed by atoms with E-state index < -0.39 is 0 Å². The Morgan fingerprint density at radius 2 is 1.68 bits per heavy atom. The molecular formula is C15H32N4. The van der Waals surface area contributed by atoms with Crippen LogP contribution in [0.25, 0.3) is 0 Å². The highest BCUT2D eigenvalue weighted by Gasteiger charge is 2.38. The van der Waals surface area contributed by atoms with Crippen molar-refractivity contribution in [1.82, 2.24) is 14.7 Å². The normalized spacial score (nSPS) is 32.7. The van der Waals surface area contributed by atoms with E-state index in [1.165, 1.54) is 58.5 Å². The topological polar surface area (TPSA) is 35.7 Å². The van der Waals surface area contributed by atoms with E-state index in [4.69, 9.17) is 5.73 Å². The first-order chi connectivity index (χ1) is 9.07. The monoisotopic (exact) mass is 268 g/mol. The van der Waals surface area contributed by atoms with Gasteiger partial charge in [-0.1, -0.05) is 0 Å². The first-order valence-electron chi connectivity index (χ1n) is 7.95. The maximum Gasteiger partial charge on any atom is 0.0345 e. The molecule has 19 heavy (non-hydrogen) atoms. The summed E-state index contributed by atoms with van der Waals surface area (Å²) in [7, 11) is 2.24. The second kappa shape index (κ2) is 6.53. The summed E-state index contributed by atoms with van der Waals surface area (Å²) in [5.41, 5.74) is 6.48. The van der Waals surface area contributed by atoms with Gasteiger partial charge in [-0.2, -0.15) is 0 Å². The van der Waals surface area contributed by atoms with Gasteiger partial charge in [-0.05, 0) is 53.2 Å². The number of rotatable bonds is 3. The zero-order valence-electron chi connectivity index (χ0n) is 13.1. The molecule has 4 nitrogen and oxygen atoms in total. The molecular weight excluding hydrogens is 236 g/mol. The molecule has 4 heteroatoms. The van der Waals surface area contributed by atoms with E-state index in [0.717, 1.165) is 6.54 Å². The molecule has 1 atom stereocenters. The Kier molecular flexibility index (Phi) is 5.23. The van der Waals surface area contributed by atoms with Gasteiger partial charge >= 0.3 is 0 Å². The van der Waals surface area contributed by atoms with Crippen molar-refractivity contribution in [3.8, 4) is 0 Å². The van der Waals surface area contributed by atoms with Gasteiger partial charge in [-0.25, -0.2) is 0 Å². The van der Waals surface area contributed by atoms with Crippen LogP contribution in [0.15, 0.2) is 0 Å². The minimum atomic E-state index is 0.272. The Morgan fingerprint density at radius 1 is 1.00 bits per heavy atom. The molecule has 0 spiro atoms. The molecule has 0 aromatic carbocycles. The van der Waals surface area contributed by atoms with Crippen LogP contribution < -0.4 is 5.73 Å². The van der Waals surface area contributed by atoms with Crippen molar-refractivity contribution in [1.29, 1.82) is 0 Å². The number of nitrogens with two attached hydrogens (primary N) is 1. The summed E-state index contributed by atoms with van der Waals surface area (Å²) >= 11 is 0. The van der Waals surface area contributed by atoms with Gasteiger partial charge in [0.05, 0.1) is 0 Å². The first-order valence-corrected chi connectivity index (χ1v) is 7.95. The van der Waals surface area contributed by atoms with Crippen LogP contribution in [-0.4, -0.2) is 79.1 Å². The molecule has 0 radical (unpaired) electrons. The van der Waals surface area contributed by atoms with Crippen molar-refractivity contribution in [2.75, 3.05) is 52.9 Å². The molecule has 0 aromatic rings. The van der Waals surface area contributed by atoms with Gasteiger partial charge in [0.25, 0.3) is 0 Å².